The van der Waals surface area contributed by atoms with Crippen molar-refractivity contribution in [3.63, 3.8) is 0 Å². The SMILES string of the molecule is CC(C)NC1CC(N=S(C)(N)=O)C1. The maximum Gasteiger partial charge on any atom is 0.102 e. The minimum atomic E-state index is -2.39. The van der Waals surface area contributed by atoms with Crippen LogP contribution in [-0.2, 0) is 9.92 Å². The zero-order valence-electron chi connectivity index (χ0n) is 8.49. The fraction of sp³-hybridized carbons (Fsp3) is 1.00. The minimum Gasteiger partial charge on any atom is -0.312 e. The summed E-state index contributed by atoms with van der Waals surface area (Å²) in [6, 6.07) is 1.25. The molecule has 0 spiro atoms. The van der Waals surface area contributed by atoms with Crippen molar-refractivity contribution in [3.8, 4) is 0 Å². The Morgan fingerprint density at radius 3 is 2.46 bits per heavy atom. The second-order valence-corrected chi connectivity index (χ2v) is 6.04. The second kappa shape index (κ2) is 3.94. The zero-order chi connectivity index (χ0) is 10.1. The summed E-state index contributed by atoms with van der Waals surface area (Å²) in [7, 11) is -2.39. The first-order valence-electron chi connectivity index (χ1n) is 4.62. The first-order valence-corrected chi connectivity index (χ1v) is 6.60. The van der Waals surface area contributed by atoms with Gasteiger partial charge in [0.1, 0.15) is 9.92 Å². The van der Waals surface area contributed by atoms with Gasteiger partial charge in [-0.2, -0.15) is 0 Å². The van der Waals surface area contributed by atoms with E-state index in [1.54, 1.807) is 0 Å². The van der Waals surface area contributed by atoms with Crippen molar-refractivity contribution < 1.29 is 4.21 Å². The van der Waals surface area contributed by atoms with E-state index in [0.717, 1.165) is 12.8 Å². The van der Waals surface area contributed by atoms with Gasteiger partial charge in [0.05, 0.1) is 6.04 Å². The smallest absolute Gasteiger partial charge is 0.102 e. The summed E-state index contributed by atoms with van der Waals surface area (Å²) in [5.74, 6) is 0. The van der Waals surface area contributed by atoms with Gasteiger partial charge in [0.15, 0.2) is 0 Å². The summed E-state index contributed by atoms with van der Waals surface area (Å²) in [4.78, 5) is 0. The van der Waals surface area contributed by atoms with Crippen molar-refractivity contribution >= 4 is 9.92 Å². The molecule has 0 heterocycles. The normalized spacial score (nSPS) is 32.4. The first-order chi connectivity index (χ1) is 5.87. The maximum absolute atomic E-state index is 11.1. The highest BCUT2D eigenvalue weighted by Gasteiger charge is 2.29. The lowest BCUT2D eigenvalue weighted by Crippen LogP contribution is -2.46. The Kier molecular flexibility index (Phi) is 3.32. The average Bonchev–Trinajstić information content (AvgIpc) is 1.78. The Morgan fingerprint density at radius 2 is 2.08 bits per heavy atom. The number of rotatable bonds is 3. The van der Waals surface area contributed by atoms with Crippen molar-refractivity contribution in [2.24, 2.45) is 9.50 Å². The van der Waals surface area contributed by atoms with Crippen LogP contribution in [0.3, 0.4) is 0 Å². The van der Waals surface area contributed by atoms with Crippen molar-refractivity contribution in [1.29, 1.82) is 0 Å². The fourth-order valence-electron chi connectivity index (χ4n) is 1.58. The van der Waals surface area contributed by atoms with Gasteiger partial charge < -0.3 is 5.32 Å². The van der Waals surface area contributed by atoms with Crippen LogP contribution in [-0.4, -0.2) is 28.6 Å². The molecular formula is C8H19N3OS. The molecule has 0 radical (unpaired) electrons. The van der Waals surface area contributed by atoms with Gasteiger partial charge in [-0.25, -0.2) is 13.7 Å². The molecule has 0 saturated heterocycles. The highest BCUT2D eigenvalue weighted by molar-refractivity contribution is 7.90. The summed E-state index contributed by atoms with van der Waals surface area (Å²) < 4.78 is 15.1. The fourth-order valence-corrected chi connectivity index (χ4v) is 2.34. The van der Waals surface area contributed by atoms with E-state index in [1.165, 1.54) is 6.26 Å². The number of nitrogens with two attached hydrogens (primary N) is 1. The van der Waals surface area contributed by atoms with Crippen LogP contribution in [0.15, 0.2) is 4.36 Å². The molecule has 1 saturated carbocycles. The number of nitrogens with one attached hydrogen (secondary N) is 1. The topological polar surface area (TPSA) is 67.5 Å². The summed E-state index contributed by atoms with van der Waals surface area (Å²) in [5.41, 5.74) is 0. The molecule has 78 valence electrons. The van der Waals surface area contributed by atoms with E-state index < -0.39 is 9.92 Å². The van der Waals surface area contributed by atoms with Gasteiger partial charge in [-0.3, -0.25) is 0 Å². The van der Waals surface area contributed by atoms with Crippen LogP contribution in [0.5, 0.6) is 0 Å². The van der Waals surface area contributed by atoms with Crippen LogP contribution < -0.4 is 10.5 Å². The molecule has 0 aromatic carbocycles. The molecule has 1 aliphatic carbocycles. The second-order valence-electron chi connectivity index (χ2n) is 4.11. The third-order valence-corrected chi connectivity index (χ3v) is 2.76. The van der Waals surface area contributed by atoms with Crippen LogP contribution in [0.2, 0.25) is 0 Å². The third-order valence-electron chi connectivity index (χ3n) is 2.04. The molecule has 5 heteroatoms. The van der Waals surface area contributed by atoms with E-state index >= 15 is 0 Å². The molecule has 1 atom stereocenters. The first kappa shape index (κ1) is 10.9. The molecule has 1 fully saturated rings. The quantitative estimate of drug-likeness (QED) is 0.704. The van der Waals surface area contributed by atoms with E-state index in [-0.39, 0.29) is 6.04 Å². The molecule has 4 nitrogen and oxygen atoms in total. The standard InChI is InChI=1S/C8H19N3OS/c1-6(2)10-7-4-8(5-7)11-13(3,9)12/h6-8,10H,4-5H2,1-3H3,(H2,9,11,12). The van der Waals surface area contributed by atoms with Crippen molar-refractivity contribution in [1.82, 2.24) is 5.32 Å². The predicted octanol–water partition coefficient (Wildman–Crippen LogP) is 0.487. The Labute approximate surface area is 80.6 Å². The molecule has 0 aliphatic heterocycles. The van der Waals surface area contributed by atoms with E-state index in [1.807, 2.05) is 0 Å². The summed E-state index contributed by atoms with van der Waals surface area (Å²) >= 11 is 0. The Bertz CT molecular complexity index is 267. The van der Waals surface area contributed by atoms with Gasteiger partial charge in [0.2, 0.25) is 0 Å². The number of nitrogens with zero attached hydrogens (tertiary/aromatic N) is 1. The number of hydrogen-bond acceptors (Lipinski definition) is 3. The number of hydrogen-bond donors (Lipinski definition) is 2. The molecule has 0 aromatic heterocycles. The van der Waals surface area contributed by atoms with Gasteiger partial charge in [-0.05, 0) is 12.8 Å². The van der Waals surface area contributed by atoms with E-state index in [0.29, 0.717) is 12.1 Å². The average molecular weight is 205 g/mol. The largest absolute Gasteiger partial charge is 0.312 e. The van der Waals surface area contributed by atoms with E-state index in [4.69, 9.17) is 5.14 Å². The highest BCUT2D eigenvalue weighted by Crippen LogP contribution is 2.24. The van der Waals surface area contributed by atoms with Crippen molar-refractivity contribution in [2.45, 2.75) is 44.8 Å². The van der Waals surface area contributed by atoms with Crippen LogP contribution in [0.25, 0.3) is 0 Å². The Hall–Kier alpha value is -0.130. The highest BCUT2D eigenvalue weighted by atomic mass is 32.2. The Morgan fingerprint density at radius 1 is 1.54 bits per heavy atom. The van der Waals surface area contributed by atoms with Crippen LogP contribution in [0.1, 0.15) is 26.7 Å². The molecule has 0 aromatic rings. The summed E-state index contributed by atoms with van der Waals surface area (Å²) in [6.07, 6.45) is 3.43. The van der Waals surface area contributed by atoms with Crippen LogP contribution in [0.4, 0.5) is 0 Å². The molecular weight excluding hydrogens is 186 g/mol. The van der Waals surface area contributed by atoms with Crippen LogP contribution >= 0.6 is 0 Å². The minimum absolute atomic E-state index is 0.207. The monoisotopic (exact) mass is 205 g/mol. The molecule has 1 unspecified atom stereocenters. The molecule has 1 aliphatic rings. The maximum atomic E-state index is 11.1. The predicted molar refractivity (Wildman–Crippen MR) is 55.8 cm³/mol. The van der Waals surface area contributed by atoms with E-state index in [2.05, 4.69) is 23.5 Å². The lowest BCUT2D eigenvalue weighted by Gasteiger charge is -2.34. The van der Waals surface area contributed by atoms with Crippen molar-refractivity contribution in [3.05, 3.63) is 0 Å². The third kappa shape index (κ3) is 4.06. The lowest BCUT2D eigenvalue weighted by atomic mass is 9.87. The van der Waals surface area contributed by atoms with Crippen LogP contribution in [0, 0.1) is 0 Å². The molecule has 13 heavy (non-hydrogen) atoms. The molecule has 1 rings (SSSR count). The molecule has 3 N–H and O–H groups in total. The van der Waals surface area contributed by atoms with Gasteiger partial charge in [-0.1, -0.05) is 13.8 Å². The lowest BCUT2D eigenvalue weighted by molar-refractivity contribution is 0.279. The summed E-state index contributed by atoms with van der Waals surface area (Å²) in [5, 5.41) is 8.73. The van der Waals surface area contributed by atoms with Gasteiger partial charge in [0, 0.05) is 18.3 Å². The molecule has 0 bridgehead atoms. The van der Waals surface area contributed by atoms with Gasteiger partial charge in [0.25, 0.3) is 0 Å². The summed E-state index contributed by atoms with van der Waals surface area (Å²) in [6.45, 7) is 4.24. The van der Waals surface area contributed by atoms with E-state index in [9.17, 15) is 4.21 Å². The van der Waals surface area contributed by atoms with Crippen molar-refractivity contribution in [2.75, 3.05) is 6.26 Å². The van der Waals surface area contributed by atoms with Gasteiger partial charge in [-0.15, -0.1) is 0 Å². The van der Waals surface area contributed by atoms with Gasteiger partial charge >= 0.3 is 0 Å². The Balaban J connectivity index is 2.31. The molecule has 0 amide bonds. The zero-order valence-corrected chi connectivity index (χ0v) is 9.30.